The Hall–Kier alpha value is -1.71. The first-order valence-corrected chi connectivity index (χ1v) is 11.1. The maximum absolute atomic E-state index is 11.1. The molecule has 0 aromatic heterocycles. The maximum atomic E-state index is 11.1. The minimum atomic E-state index is -0.145. The van der Waals surface area contributed by atoms with Gasteiger partial charge in [-0.05, 0) is 14.1 Å². The zero-order valence-electron chi connectivity index (χ0n) is 23.2. The average molecular weight is 465 g/mol. The largest absolute Gasteiger partial charge is 0.449 e. The molecule has 1 amide bonds. The van der Waals surface area contributed by atoms with E-state index in [9.17, 15) is 14.4 Å². The van der Waals surface area contributed by atoms with Crippen LogP contribution in [-0.4, -0.2) is 108 Å². The lowest BCUT2D eigenvalue weighted by Gasteiger charge is -2.24. The maximum Gasteiger partial charge on any atom is 0.312 e. The highest BCUT2D eigenvalue weighted by atomic mass is 16.5. The van der Waals surface area contributed by atoms with Gasteiger partial charge in [0.2, 0.25) is 12.6 Å². The van der Waals surface area contributed by atoms with Gasteiger partial charge in [-0.3, -0.25) is 23.8 Å². The van der Waals surface area contributed by atoms with Gasteiger partial charge in [-0.15, -0.1) is 0 Å². The zero-order valence-corrected chi connectivity index (χ0v) is 23.2. The first-order valence-electron chi connectivity index (χ1n) is 11.1. The highest BCUT2D eigenvalue weighted by molar-refractivity contribution is 5.77. The summed E-state index contributed by atoms with van der Waals surface area (Å²) in [5, 5.41) is 2.86. The quantitative estimate of drug-likeness (QED) is 0.319. The van der Waals surface area contributed by atoms with Gasteiger partial charge in [-0.25, -0.2) is 0 Å². The summed E-state index contributed by atoms with van der Waals surface area (Å²) in [7, 11) is 15.8. The van der Waals surface area contributed by atoms with Gasteiger partial charge >= 0.3 is 11.9 Å². The monoisotopic (exact) mass is 464 g/mol. The van der Waals surface area contributed by atoms with E-state index in [0.29, 0.717) is 24.6 Å². The Bertz CT molecular complexity index is 499. The standard InChI is InChI=1S/C8H18N2O.C8H18NO2.C7H15NO2/c1-7(2)8(11)9-6-10(3,4)5;1-7(2)8(10)11-6-9(3,4)5;1-6(2)7(9)10-5-8(3)4/h2*7H,6H2,1-5H3;6H,5H2,1-4H3/q;+1;/p+1. The molecule has 9 heteroatoms. The molecule has 1 N–H and O–H groups in total. The summed E-state index contributed by atoms with van der Waals surface area (Å²) < 4.78 is 11.3. The molecule has 0 rings (SSSR count). The highest BCUT2D eigenvalue weighted by Gasteiger charge is 2.13. The molecular weight excluding hydrogens is 412 g/mol. The van der Waals surface area contributed by atoms with Gasteiger partial charge in [0.05, 0.1) is 54.1 Å². The molecule has 9 nitrogen and oxygen atoms in total. The summed E-state index contributed by atoms with van der Waals surface area (Å²) in [6, 6.07) is 0. The van der Waals surface area contributed by atoms with E-state index in [1.165, 1.54) is 0 Å². The second-order valence-electron chi connectivity index (χ2n) is 11.0. The van der Waals surface area contributed by atoms with Crippen LogP contribution < -0.4 is 5.32 Å². The smallest absolute Gasteiger partial charge is 0.312 e. The third-order valence-electron chi connectivity index (χ3n) is 3.25. The predicted molar refractivity (Wildman–Crippen MR) is 129 cm³/mol. The molecule has 0 fully saturated rings. The van der Waals surface area contributed by atoms with E-state index in [-0.39, 0.29) is 35.6 Å². The summed E-state index contributed by atoms with van der Waals surface area (Å²) in [6.07, 6.45) is 0. The van der Waals surface area contributed by atoms with Crippen LogP contribution in [0.5, 0.6) is 0 Å². The van der Waals surface area contributed by atoms with Crippen LogP contribution in [0.1, 0.15) is 41.5 Å². The van der Waals surface area contributed by atoms with E-state index in [1.54, 1.807) is 4.90 Å². The van der Waals surface area contributed by atoms with Crippen molar-refractivity contribution in [1.82, 2.24) is 10.2 Å². The lowest BCUT2D eigenvalue weighted by atomic mass is 10.2. The fourth-order valence-corrected chi connectivity index (χ4v) is 1.30. The van der Waals surface area contributed by atoms with Crippen LogP contribution in [0.4, 0.5) is 0 Å². The molecule has 0 saturated carbocycles. The minimum Gasteiger partial charge on any atom is -0.449 e. The van der Waals surface area contributed by atoms with Gasteiger partial charge in [0.25, 0.3) is 0 Å². The molecule has 192 valence electrons. The van der Waals surface area contributed by atoms with Crippen molar-refractivity contribution < 1.29 is 32.8 Å². The van der Waals surface area contributed by atoms with Gasteiger partial charge in [-0.2, -0.15) is 0 Å². The molecule has 0 aliphatic rings. The number of ether oxygens (including phenoxy) is 2. The summed E-state index contributed by atoms with van der Waals surface area (Å²) in [6.45, 7) is 12.6. The number of rotatable bonds is 9. The van der Waals surface area contributed by atoms with Crippen LogP contribution in [0.25, 0.3) is 0 Å². The molecular formula is C23H52N4O5+2. The van der Waals surface area contributed by atoms with Crippen LogP contribution in [0.3, 0.4) is 0 Å². The molecule has 0 aromatic carbocycles. The van der Waals surface area contributed by atoms with Gasteiger partial charge < -0.3 is 19.3 Å². The normalized spacial score (nSPS) is 11.4. The van der Waals surface area contributed by atoms with E-state index in [1.807, 2.05) is 97.9 Å². The predicted octanol–water partition coefficient (Wildman–Crippen LogP) is 1.98. The average Bonchev–Trinajstić information content (AvgIpc) is 2.61. The van der Waals surface area contributed by atoms with Crippen LogP contribution >= 0.6 is 0 Å². The Kier molecular flexibility index (Phi) is 18.4. The van der Waals surface area contributed by atoms with Crippen molar-refractivity contribution in [3.05, 3.63) is 0 Å². The highest BCUT2D eigenvalue weighted by Crippen LogP contribution is 1.98. The van der Waals surface area contributed by atoms with E-state index >= 15 is 0 Å². The zero-order chi connectivity index (χ0) is 26.3. The molecule has 0 spiro atoms. The number of hydrogen-bond donors (Lipinski definition) is 1. The Labute approximate surface area is 197 Å². The van der Waals surface area contributed by atoms with E-state index < -0.39 is 0 Å². The minimum absolute atomic E-state index is 0.0263. The fraction of sp³-hybridized carbons (Fsp3) is 0.870. The van der Waals surface area contributed by atoms with E-state index in [0.717, 1.165) is 4.48 Å². The Morgan fingerprint density at radius 1 is 0.719 bits per heavy atom. The second kappa shape index (κ2) is 16.9. The molecule has 0 saturated heterocycles. The van der Waals surface area contributed by atoms with Gasteiger partial charge in [0.15, 0.2) is 6.67 Å². The van der Waals surface area contributed by atoms with Crippen LogP contribution in [0, 0.1) is 17.8 Å². The number of nitrogens with one attached hydrogen (secondary N) is 1. The number of carbonyl (C=O) groups is 3. The Morgan fingerprint density at radius 2 is 1.12 bits per heavy atom. The van der Waals surface area contributed by atoms with Crippen LogP contribution in [-0.2, 0) is 23.9 Å². The number of esters is 2. The van der Waals surface area contributed by atoms with Crippen molar-refractivity contribution in [2.75, 3.05) is 76.5 Å². The second-order valence-corrected chi connectivity index (χ2v) is 11.0. The van der Waals surface area contributed by atoms with Crippen molar-refractivity contribution >= 4 is 17.8 Å². The summed E-state index contributed by atoms with van der Waals surface area (Å²) in [5.41, 5.74) is 0. The number of carbonyl (C=O) groups excluding carboxylic acids is 3. The Morgan fingerprint density at radius 3 is 1.41 bits per heavy atom. The molecule has 0 atom stereocenters. The molecule has 0 unspecified atom stereocenters. The topological polar surface area (TPSA) is 84.9 Å². The number of amides is 1. The molecule has 0 aliphatic carbocycles. The van der Waals surface area contributed by atoms with Crippen molar-refractivity contribution in [1.29, 1.82) is 0 Å². The van der Waals surface area contributed by atoms with Crippen molar-refractivity contribution in [3.8, 4) is 0 Å². The van der Waals surface area contributed by atoms with E-state index in [2.05, 4.69) is 5.32 Å². The van der Waals surface area contributed by atoms with Gasteiger partial charge in [0, 0.05) is 5.92 Å². The lowest BCUT2D eigenvalue weighted by molar-refractivity contribution is -0.888. The number of quaternary nitrogens is 2. The molecule has 0 radical (unpaired) electrons. The molecule has 0 bridgehead atoms. The lowest BCUT2D eigenvalue weighted by Crippen LogP contribution is -2.46. The number of hydrogen-bond acceptors (Lipinski definition) is 6. The molecule has 0 aromatic rings. The van der Waals surface area contributed by atoms with Crippen LogP contribution in [0.2, 0.25) is 0 Å². The summed E-state index contributed by atoms with van der Waals surface area (Å²) in [4.78, 5) is 34.6. The fourth-order valence-electron chi connectivity index (χ4n) is 1.30. The third kappa shape index (κ3) is 28.3. The third-order valence-corrected chi connectivity index (χ3v) is 3.25. The first kappa shape index (κ1) is 34.9. The summed E-state index contributed by atoms with van der Waals surface area (Å²) >= 11 is 0. The first-order chi connectivity index (χ1) is 14.2. The molecule has 0 heterocycles. The summed E-state index contributed by atoms with van der Waals surface area (Å²) in [5.74, 6) is -0.118. The van der Waals surface area contributed by atoms with Crippen LogP contribution in [0.15, 0.2) is 0 Å². The Balaban J connectivity index is -0.000000395. The molecule has 0 aliphatic heterocycles. The van der Waals surface area contributed by atoms with Crippen molar-refractivity contribution in [3.63, 3.8) is 0 Å². The van der Waals surface area contributed by atoms with Gasteiger partial charge in [0.1, 0.15) is 6.73 Å². The van der Waals surface area contributed by atoms with Crippen molar-refractivity contribution in [2.45, 2.75) is 41.5 Å². The molecule has 32 heavy (non-hydrogen) atoms. The van der Waals surface area contributed by atoms with Gasteiger partial charge in [-0.1, -0.05) is 41.5 Å². The van der Waals surface area contributed by atoms with Crippen molar-refractivity contribution in [2.24, 2.45) is 17.8 Å². The number of nitrogens with zero attached hydrogens (tertiary/aromatic N) is 3. The van der Waals surface area contributed by atoms with E-state index in [4.69, 9.17) is 9.47 Å². The SMILES string of the molecule is CC(C)C(=O)NC[N+](C)(C)C.CC(C)C(=O)OCN(C)C.CC(C)C(=O)OC[N+](C)(C)C.